The van der Waals surface area contributed by atoms with Crippen LogP contribution in [0.25, 0.3) is 0 Å². The molecule has 2 heterocycles. The van der Waals surface area contributed by atoms with E-state index < -0.39 is 0 Å². The minimum atomic E-state index is 0.274. The summed E-state index contributed by atoms with van der Waals surface area (Å²) in [5.74, 6) is 0. The summed E-state index contributed by atoms with van der Waals surface area (Å²) in [7, 11) is 0. The van der Waals surface area contributed by atoms with E-state index in [2.05, 4.69) is 56.1 Å². The molecule has 0 unspecified atom stereocenters. The first-order valence-corrected chi connectivity index (χ1v) is 7.60. The molecule has 0 saturated carbocycles. The van der Waals surface area contributed by atoms with E-state index in [4.69, 9.17) is 0 Å². The quantitative estimate of drug-likeness (QED) is 0.876. The lowest BCUT2D eigenvalue weighted by Gasteiger charge is -2.33. The molecule has 0 spiro atoms. The number of aryl methyl sites for hydroxylation is 1. The Bertz CT molecular complexity index is 472. The summed E-state index contributed by atoms with van der Waals surface area (Å²) in [6.07, 6.45) is 2.64. The predicted octanol–water partition coefficient (Wildman–Crippen LogP) is 3.23. The number of rotatable bonds is 2. The van der Waals surface area contributed by atoms with Crippen molar-refractivity contribution in [2.75, 3.05) is 18.0 Å². The molecule has 2 aliphatic heterocycles. The highest BCUT2D eigenvalue weighted by Crippen LogP contribution is 2.42. The molecule has 1 saturated heterocycles. The van der Waals surface area contributed by atoms with Crippen LogP contribution >= 0.6 is 0 Å². The van der Waals surface area contributed by atoms with Gasteiger partial charge in [-0.3, -0.25) is 0 Å². The van der Waals surface area contributed by atoms with Gasteiger partial charge in [0.1, 0.15) is 0 Å². The molecule has 0 radical (unpaired) electrons. The van der Waals surface area contributed by atoms with Gasteiger partial charge in [0, 0.05) is 29.7 Å². The van der Waals surface area contributed by atoms with Gasteiger partial charge in [0.05, 0.1) is 0 Å². The molecule has 0 bridgehead atoms. The fourth-order valence-corrected chi connectivity index (χ4v) is 3.75. The van der Waals surface area contributed by atoms with Gasteiger partial charge in [-0.25, -0.2) is 0 Å². The van der Waals surface area contributed by atoms with Gasteiger partial charge in [0.15, 0.2) is 0 Å². The number of anilines is 1. The summed E-state index contributed by atoms with van der Waals surface area (Å²) in [6.45, 7) is 11.7. The van der Waals surface area contributed by atoms with Crippen molar-refractivity contribution in [3.63, 3.8) is 0 Å². The van der Waals surface area contributed by atoms with E-state index >= 15 is 0 Å². The summed E-state index contributed by atoms with van der Waals surface area (Å²) in [5, 5.41) is 3.66. The summed E-state index contributed by atoms with van der Waals surface area (Å²) in [4.78, 5) is 2.63. The average molecular weight is 258 g/mol. The largest absolute Gasteiger partial charge is 0.366 e. The summed E-state index contributed by atoms with van der Waals surface area (Å²) >= 11 is 0. The third kappa shape index (κ3) is 2.16. The molecular weight excluding hydrogens is 232 g/mol. The Labute approximate surface area is 117 Å². The number of hydrogen-bond donors (Lipinski definition) is 1. The first kappa shape index (κ1) is 13.0. The van der Waals surface area contributed by atoms with Gasteiger partial charge < -0.3 is 10.2 Å². The maximum Gasteiger partial charge on any atom is 0.0415 e. The van der Waals surface area contributed by atoms with E-state index in [9.17, 15) is 0 Å². The van der Waals surface area contributed by atoms with Crippen molar-refractivity contribution in [1.29, 1.82) is 0 Å². The second-order valence-corrected chi connectivity index (χ2v) is 6.98. The van der Waals surface area contributed by atoms with Crippen LogP contribution in [0.1, 0.15) is 44.7 Å². The Kier molecular flexibility index (Phi) is 3.09. The van der Waals surface area contributed by atoms with Crippen molar-refractivity contribution in [3.8, 4) is 0 Å². The number of nitrogens with zero attached hydrogens (tertiary/aromatic N) is 1. The van der Waals surface area contributed by atoms with Gasteiger partial charge in [-0.1, -0.05) is 26.0 Å². The smallest absolute Gasteiger partial charge is 0.0415 e. The molecule has 1 fully saturated rings. The highest BCUT2D eigenvalue weighted by molar-refractivity contribution is 5.64. The lowest BCUT2D eigenvalue weighted by molar-refractivity contribution is 0.451. The monoisotopic (exact) mass is 258 g/mol. The van der Waals surface area contributed by atoms with Crippen LogP contribution in [0.15, 0.2) is 18.2 Å². The molecule has 0 aliphatic carbocycles. The molecule has 2 heteroatoms. The van der Waals surface area contributed by atoms with E-state index in [-0.39, 0.29) is 5.41 Å². The second-order valence-electron chi connectivity index (χ2n) is 6.98. The fraction of sp³-hybridized carbons (Fsp3) is 0.647. The molecule has 19 heavy (non-hydrogen) atoms. The maximum absolute atomic E-state index is 3.66. The minimum absolute atomic E-state index is 0.274. The van der Waals surface area contributed by atoms with Gasteiger partial charge >= 0.3 is 0 Å². The van der Waals surface area contributed by atoms with E-state index in [1.165, 1.54) is 36.2 Å². The van der Waals surface area contributed by atoms with Crippen LogP contribution in [-0.4, -0.2) is 25.2 Å². The van der Waals surface area contributed by atoms with Crippen molar-refractivity contribution in [3.05, 3.63) is 29.3 Å². The van der Waals surface area contributed by atoms with Crippen molar-refractivity contribution in [1.82, 2.24) is 5.32 Å². The highest BCUT2D eigenvalue weighted by atomic mass is 15.2. The zero-order valence-corrected chi connectivity index (χ0v) is 12.7. The molecule has 3 rings (SSSR count). The Hall–Kier alpha value is -1.02. The Morgan fingerprint density at radius 1 is 1.37 bits per heavy atom. The zero-order valence-electron chi connectivity index (χ0n) is 12.7. The van der Waals surface area contributed by atoms with E-state index in [0.29, 0.717) is 12.1 Å². The van der Waals surface area contributed by atoms with Crippen LogP contribution in [0.3, 0.4) is 0 Å². The van der Waals surface area contributed by atoms with Crippen LogP contribution in [0.2, 0.25) is 0 Å². The molecule has 2 atom stereocenters. The molecule has 1 aromatic rings. The molecule has 104 valence electrons. The SMILES string of the molecule is Cc1ccc2c(c1)N([C@@H](C)[C@@H]1CCCN1)CC2(C)C. The average Bonchev–Trinajstić information content (AvgIpc) is 2.95. The van der Waals surface area contributed by atoms with Crippen LogP contribution in [-0.2, 0) is 5.41 Å². The van der Waals surface area contributed by atoms with Crippen molar-refractivity contribution < 1.29 is 0 Å². The fourth-order valence-electron chi connectivity index (χ4n) is 3.75. The predicted molar refractivity (Wildman–Crippen MR) is 82.0 cm³/mol. The first-order chi connectivity index (χ1) is 8.99. The van der Waals surface area contributed by atoms with E-state index in [0.717, 1.165) is 6.54 Å². The lowest BCUT2D eigenvalue weighted by atomic mass is 9.87. The van der Waals surface area contributed by atoms with Crippen LogP contribution in [0.4, 0.5) is 5.69 Å². The van der Waals surface area contributed by atoms with Crippen molar-refractivity contribution in [2.24, 2.45) is 0 Å². The third-order valence-corrected chi connectivity index (χ3v) is 4.93. The standard InChI is InChI=1S/C17H26N2/c1-12-7-8-14-16(10-12)19(11-17(14,3)4)13(2)15-6-5-9-18-15/h7-8,10,13,15,18H,5-6,9,11H2,1-4H3/t13-,15-/m0/s1. The molecule has 0 amide bonds. The Balaban J connectivity index is 1.94. The van der Waals surface area contributed by atoms with Gasteiger partial charge in [-0.05, 0) is 50.4 Å². The van der Waals surface area contributed by atoms with Crippen molar-refractivity contribution in [2.45, 2.75) is 58.0 Å². The van der Waals surface area contributed by atoms with Gasteiger partial charge in [0.25, 0.3) is 0 Å². The lowest BCUT2D eigenvalue weighted by Crippen LogP contribution is -2.46. The summed E-state index contributed by atoms with van der Waals surface area (Å²) in [5.41, 5.74) is 4.62. The van der Waals surface area contributed by atoms with Crippen LogP contribution in [0.5, 0.6) is 0 Å². The minimum Gasteiger partial charge on any atom is -0.366 e. The van der Waals surface area contributed by atoms with Gasteiger partial charge in [-0.2, -0.15) is 0 Å². The Morgan fingerprint density at radius 3 is 2.84 bits per heavy atom. The van der Waals surface area contributed by atoms with Gasteiger partial charge in [-0.15, -0.1) is 0 Å². The molecule has 1 aromatic carbocycles. The molecule has 2 aliphatic rings. The zero-order chi connectivity index (χ0) is 13.6. The van der Waals surface area contributed by atoms with Gasteiger partial charge in [0.2, 0.25) is 0 Å². The molecule has 2 nitrogen and oxygen atoms in total. The second kappa shape index (κ2) is 4.52. The van der Waals surface area contributed by atoms with E-state index in [1.54, 1.807) is 0 Å². The van der Waals surface area contributed by atoms with Crippen LogP contribution < -0.4 is 10.2 Å². The molecule has 1 N–H and O–H groups in total. The number of benzene rings is 1. The number of nitrogens with one attached hydrogen (secondary N) is 1. The van der Waals surface area contributed by atoms with E-state index in [1.807, 2.05) is 0 Å². The number of hydrogen-bond acceptors (Lipinski definition) is 2. The summed E-state index contributed by atoms with van der Waals surface area (Å²) in [6, 6.07) is 8.20. The first-order valence-electron chi connectivity index (χ1n) is 7.60. The van der Waals surface area contributed by atoms with Crippen molar-refractivity contribution >= 4 is 5.69 Å². The molecular formula is C17H26N2. The van der Waals surface area contributed by atoms with Crippen LogP contribution in [0, 0.1) is 6.92 Å². The Morgan fingerprint density at radius 2 is 2.16 bits per heavy atom. The summed E-state index contributed by atoms with van der Waals surface area (Å²) < 4.78 is 0. The normalized spacial score (nSPS) is 26.5. The molecule has 0 aromatic heterocycles. The topological polar surface area (TPSA) is 15.3 Å². The number of fused-ring (bicyclic) bond motifs is 1. The highest BCUT2D eigenvalue weighted by Gasteiger charge is 2.39. The third-order valence-electron chi connectivity index (χ3n) is 4.93. The maximum atomic E-state index is 3.66.